The minimum absolute atomic E-state index is 0.0333. The van der Waals surface area contributed by atoms with E-state index in [9.17, 15) is 4.79 Å². The zero-order valence-corrected chi connectivity index (χ0v) is 16.1. The lowest BCUT2D eigenvalue weighted by molar-refractivity contribution is 0.0688. The number of fused-ring (bicyclic) bond motifs is 1. The summed E-state index contributed by atoms with van der Waals surface area (Å²) in [5.41, 5.74) is 3.72. The average molecular weight is 378 g/mol. The maximum atomic E-state index is 13.3. The van der Waals surface area contributed by atoms with Gasteiger partial charge in [-0.3, -0.25) is 14.5 Å². The van der Waals surface area contributed by atoms with Crippen molar-refractivity contribution in [1.29, 1.82) is 0 Å². The minimum Gasteiger partial charge on any atom is -0.493 e. The van der Waals surface area contributed by atoms with Crippen LogP contribution in [0.25, 0.3) is 0 Å². The average Bonchev–Trinajstić information content (AvgIpc) is 3.17. The molecule has 0 saturated carbocycles. The van der Waals surface area contributed by atoms with Crippen LogP contribution in [0.1, 0.15) is 33.2 Å². The van der Waals surface area contributed by atoms with Crippen molar-refractivity contribution in [1.82, 2.24) is 19.7 Å². The van der Waals surface area contributed by atoms with E-state index in [4.69, 9.17) is 9.47 Å². The van der Waals surface area contributed by atoms with E-state index >= 15 is 0 Å². The Hall–Kier alpha value is -3.35. The number of methoxy groups -OCH3 is 2. The van der Waals surface area contributed by atoms with Crippen molar-refractivity contribution in [2.45, 2.75) is 12.5 Å². The first-order valence-corrected chi connectivity index (χ1v) is 9.07. The van der Waals surface area contributed by atoms with Crippen LogP contribution in [0.2, 0.25) is 0 Å². The van der Waals surface area contributed by atoms with Crippen LogP contribution in [-0.2, 0) is 13.5 Å². The molecule has 7 heteroatoms. The number of rotatable bonds is 4. The number of nitrogens with zero attached hydrogens (tertiary/aromatic N) is 4. The Balaban J connectivity index is 1.86. The minimum atomic E-state index is -0.267. The molecule has 1 amide bonds. The van der Waals surface area contributed by atoms with Gasteiger partial charge in [0.2, 0.25) is 0 Å². The Labute approximate surface area is 163 Å². The maximum absolute atomic E-state index is 13.3. The third-order valence-corrected chi connectivity index (χ3v) is 5.20. The Morgan fingerprint density at radius 3 is 2.43 bits per heavy atom. The second-order valence-corrected chi connectivity index (χ2v) is 6.67. The van der Waals surface area contributed by atoms with E-state index in [2.05, 4.69) is 10.1 Å². The zero-order chi connectivity index (χ0) is 19.7. The van der Waals surface area contributed by atoms with Crippen LogP contribution in [0.15, 0.2) is 48.9 Å². The SMILES string of the molecule is COc1cc2c(cc1OC)C(c1ccnn1C)N(C(=O)c1ccncc1)CC2. The van der Waals surface area contributed by atoms with E-state index in [1.165, 1.54) is 0 Å². The Kier molecular flexibility index (Phi) is 4.73. The van der Waals surface area contributed by atoms with Crippen molar-refractivity contribution in [3.8, 4) is 11.5 Å². The van der Waals surface area contributed by atoms with Gasteiger partial charge in [0.1, 0.15) is 0 Å². The molecule has 0 aliphatic carbocycles. The first-order valence-electron chi connectivity index (χ1n) is 9.07. The van der Waals surface area contributed by atoms with E-state index in [1.807, 2.05) is 34.8 Å². The fraction of sp³-hybridized carbons (Fsp3) is 0.286. The molecular weight excluding hydrogens is 356 g/mol. The molecule has 0 fully saturated rings. The van der Waals surface area contributed by atoms with Gasteiger partial charge in [-0.25, -0.2) is 0 Å². The van der Waals surface area contributed by atoms with Crippen molar-refractivity contribution in [3.63, 3.8) is 0 Å². The molecule has 4 rings (SSSR count). The highest BCUT2D eigenvalue weighted by molar-refractivity contribution is 5.94. The number of benzene rings is 1. The predicted octanol–water partition coefficient (Wildman–Crippen LogP) is 2.62. The molecule has 1 unspecified atom stereocenters. The predicted molar refractivity (Wildman–Crippen MR) is 104 cm³/mol. The summed E-state index contributed by atoms with van der Waals surface area (Å²) in [5.74, 6) is 1.31. The molecule has 1 aliphatic rings. The van der Waals surface area contributed by atoms with Gasteiger partial charge in [0.15, 0.2) is 11.5 Å². The van der Waals surface area contributed by atoms with Gasteiger partial charge in [0.25, 0.3) is 5.91 Å². The molecule has 0 saturated heterocycles. The summed E-state index contributed by atoms with van der Waals surface area (Å²) in [7, 11) is 5.14. The van der Waals surface area contributed by atoms with Crippen LogP contribution in [0, 0.1) is 0 Å². The molecule has 3 aromatic rings. The van der Waals surface area contributed by atoms with Gasteiger partial charge in [-0.1, -0.05) is 0 Å². The molecular formula is C21H22N4O3. The lowest BCUT2D eigenvalue weighted by Gasteiger charge is -2.38. The normalized spacial score (nSPS) is 15.8. The highest BCUT2D eigenvalue weighted by atomic mass is 16.5. The largest absolute Gasteiger partial charge is 0.493 e. The van der Waals surface area contributed by atoms with E-state index < -0.39 is 0 Å². The van der Waals surface area contributed by atoms with Gasteiger partial charge in [0, 0.05) is 37.7 Å². The zero-order valence-electron chi connectivity index (χ0n) is 16.1. The first-order chi connectivity index (χ1) is 13.6. The molecule has 1 aromatic carbocycles. The van der Waals surface area contributed by atoms with Crippen LogP contribution >= 0.6 is 0 Å². The summed E-state index contributed by atoms with van der Waals surface area (Å²) in [6.07, 6.45) is 5.76. The van der Waals surface area contributed by atoms with Gasteiger partial charge in [-0.05, 0) is 47.9 Å². The smallest absolute Gasteiger partial charge is 0.254 e. The number of amides is 1. The van der Waals surface area contributed by atoms with Gasteiger partial charge < -0.3 is 14.4 Å². The highest BCUT2D eigenvalue weighted by Gasteiger charge is 2.35. The third-order valence-electron chi connectivity index (χ3n) is 5.20. The lowest BCUT2D eigenvalue weighted by Crippen LogP contribution is -2.41. The van der Waals surface area contributed by atoms with Crippen molar-refractivity contribution in [2.24, 2.45) is 7.05 Å². The lowest BCUT2D eigenvalue weighted by atomic mass is 9.89. The van der Waals surface area contributed by atoms with E-state index in [0.717, 1.165) is 23.2 Å². The molecule has 0 N–H and O–H groups in total. The van der Waals surface area contributed by atoms with Crippen molar-refractivity contribution >= 4 is 5.91 Å². The van der Waals surface area contributed by atoms with Gasteiger partial charge in [0.05, 0.1) is 26.0 Å². The summed E-state index contributed by atoms with van der Waals surface area (Å²) in [6, 6.07) is 9.14. The topological polar surface area (TPSA) is 69.5 Å². The molecule has 28 heavy (non-hydrogen) atoms. The molecule has 2 aromatic heterocycles. The van der Waals surface area contributed by atoms with E-state index in [0.29, 0.717) is 23.6 Å². The Morgan fingerprint density at radius 1 is 1.07 bits per heavy atom. The molecule has 144 valence electrons. The van der Waals surface area contributed by atoms with Crippen LogP contribution in [0.3, 0.4) is 0 Å². The monoisotopic (exact) mass is 378 g/mol. The number of carbonyl (C=O) groups is 1. The number of hydrogen-bond acceptors (Lipinski definition) is 5. The van der Waals surface area contributed by atoms with Gasteiger partial charge in [-0.2, -0.15) is 5.10 Å². The summed E-state index contributed by atoms with van der Waals surface area (Å²) >= 11 is 0. The van der Waals surface area contributed by atoms with E-state index in [1.54, 1.807) is 44.9 Å². The maximum Gasteiger partial charge on any atom is 0.254 e. The highest BCUT2D eigenvalue weighted by Crippen LogP contribution is 2.41. The summed E-state index contributed by atoms with van der Waals surface area (Å²) in [5, 5.41) is 4.32. The van der Waals surface area contributed by atoms with Crippen LogP contribution in [0.4, 0.5) is 0 Å². The summed E-state index contributed by atoms with van der Waals surface area (Å²) in [6.45, 7) is 0.597. The molecule has 1 aliphatic heterocycles. The number of pyridine rings is 1. The Bertz CT molecular complexity index is 1000. The second kappa shape index (κ2) is 7.34. The molecule has 0 spiro atoms. The second-order valence-electron chi connectivity index (χ2n) is 6.67. The third kappa shape index (κ3) is 2.98. The van der Waals surface area contributed by atoms with Crippen molar-refractivity contribution < 1.29 is 14.3 Å². The number of hydrogen-bond donors (Lipinski definition) is 0. The molecule has 1 atom stereocenters. The number of ether oxygens (including phenoxy) is 2. The fourth-order valence-electron chi connectivity index (χ4n) is 3.80. The standard InChI is InChI=1S/C21H22N4O3/c1-24-17(6-10-23-24)20-16-13-19(28-3)18(27-2)12-15(16)7-11-25(20)21(26)14-4-8-22-9-5-14/h4-6,8-10,12-13,20H,7,11H2,1-3H3. The summed E-state index contributed by atoms with van der Waals surface area (Å²) < 4.78 is 12.8. The molecule has 7 nitrogen and oxygen atoms in total. The van der Waals surface area contributed by atoms with Crippen molar-refractivity contribution in [2.75, 3.05) is 20.8 Å². The summed E-state index contributed by atoms with van der Waals surface area (Å²) in [4.78, 5) is 19.2. The van der Waals surface area contributed by atoms with Crippen LogP contribution in [-0.4, -0.2) is 46.3 Å². The quantitative estimate of drug-likeness (QED) is 0.698. The fourth-order valence-corrected chi connectivity index (χ4v) is 3.80. The number of aromatic nitrogens is 3. The number of aryl methyl sites for hydroxylation is 1. The Morgan fingerprint density at radius 2 is 1.79 bits per heavy atom. The first kappa shape index (κ1) is 18.0. The van der Waals surface area contributed by atoms with Crippen LogP contribution in [0.5, 0.6) is 11.5 Å². The van der Waals surface area contributed by atoms with E-state index in [-0.39, 0.29) is 11.9 Å². The number of carbonyl (C=O) groups excluding carboxylic acids is 1. The molecule has 0 radical (unpaired) electrons. The van der Waals surface area contributed by atoms with Gasteiger partial charge in [-0.15, -0.1) is 0 Å². The van der Waals surface area contributed by atoms with Crippen LogP contribution < -0.4 is 9.47 Å². The van der Waals surface area contributed by atoms with Gasteiger partial charge >= 0.3 is 0 Å². The molecule has 3 heterocycles. The molecule has 0 bridgehead atoms. The van der Waals surface area contributed by atoms with Crippen molar-refractivity contribution in [3.05, 3.63) is 71.3 Å².